The van der Waals surface area contributed by atoms with E-state index in [0.29, 0.717) is 19.3 Å². The van der Waals surface area contributed by atoms with Crippen LogP contribution in [0.1, 0.15) is 355 Å². The van der Waals surface area contributed by atoms with Crippen LogP contribution in [0.4, 0.5) is 0 Å². The van der Waals surface area contributed by atoms with Crippen molar-refractivity contribution in [3.05, 3.63) is 97.2 Å². The Hall–Kier alpha value is -3.67. The molecule has 0 aliphatic heterocycles. The van der Waals surface area contributed by atoms with Gasteiger partial charge in [-0.1, -0.05) is 349 Å². The van der Waals surface area contributed by atoms with E-state index in [-0.39, 0.29) is 31.1 Å². The fraction of sp³-hybridized carbons (Fsp3) is 0.753. The summed E-state index contributed by atoms with van der Waals surface area (Å²) in [5.74, 6) is -0.885. The van der Waals surface area contributed by atoms with Crippen LogP contribution in [0.15, 0.2) is 97.2 Å². The van der Waals surface area contributed by atoms with Crippen molar-refractivity contribution in [3.63, 3.8) is 0 Å². The Morgan fingerprint density at radius 3 is 0.735 bits per heavy atom. The fourth-order valence-corrected chi connectivity index (χ4v) is 10.3. The minimum absolute atomic E-state index is 0.0806. The van der Waals surface area contributed by atoms with Crippen LogP contribution < -0.4 is 0 Å². The molecule has 0 radical (unpaired) electrons. The maximum Gasteiger partial charge on any atom is 0.306 e. The molecule has 1 unspecified atom stereocenters. The molecular formula is C77H134O6. The van der Waals surface area contributed by atoms with Gasteiger partial charge in [-0.3, -0.25) is 14.4 Å². The summed E-state index contributed by atoms with van der Waals surface area (Å²) in [5, 5.41) is 0. The van der Waals surface area contributed by atoms with Gasteiger partial charge in [-0.2, -0.15) is 0 Å². The van der Waals surface area contributed by atoms with Crippen LogP contribution in [0.25, 0.3) is 0 Å². The van der Waals surface area contributed by atoms with Gasteiger partial charge < -0.3 is 14.2 Å². The van der Waals surface area contributed by atoms with Crippen LogP contribution in [0.3, 0.4) is 0 Å². The minimum Gasteiger partial charge on any atom is -0.462 e. The molecule has 0 aromatic carbocycles. The maximum atomic E-state index is 13.0. The lowest BCUT2D eigenvalue weighted by molar-refractivity contribution is -0.167. The largest absolute Gasteiger partial charge is 0.462 e. The van der Waals surface area contributed by atoms with Crippen LogP contribution in [0.2, 0.25) is 0 Å². The average molecular weight is 1160 g/mol. The van der Waals surface area contributed by atoms with Gasteiger partial charge >= 0.3 is 17.9 Å². The zero-order valence-electron chi connectivity index (χ0n) is 54.9. The van der Waals surface area contributed by atoms with Gasteiger partial charge in [0.05, 0.1) is 0 Å². The summed E-state index contributed by atoms with van der Waals surface area (Å²) in [7, 11) is 0. The van der Waals surface area contributed by atoms with Gasteiger partial charge in [0.25, 0.3) is 0 Å². The molecule has 0 saturated heterocycles. The first-order valence-corrected chi connectivity index (χ1v) is 35.7. The molecule has 83 heavy (non-hydrogen) atoms. The second kappa shape index (κ2) is 70.8. The molecule has 6 nitrogen and oxygen atoms in total. The molecule has 6 heteroatoms. The third-order valence-electron chi connectivity index (χ3n) is 15.6. The molecule has 0 aliphatic carbocycles. The maximum absolute atomic E-state index is 13.0. The third kappa shape index (κ3) is 69.0. The van der Waals surface area contributed by atoms with Gasteiger partial charge in [-0.05, 0) is 83.5 Å². The van der Waals surface area contributed by atoms with Crippen LogP contribution in [0.5, 0.6) is 0 Å². The molecule has 0 spiro atoms. The van der Waals surface area contributed by atoms with Crippen molar-refractivity contribution in [1.82, 2.24) is 0 Å². The first kappa shape index (κ1) is 79.3. The zero-order valence-corrected chi connectivity index (χ0v) is 54.9. The highest BCUT2D eigenvalue weighted by Crippen LogP contribution is 2.18. The molecule has 0 rings (SSSR count). The van der Waals surface area contributed by atoms with Crippen molar-refractivity contribution in [2.24, 2.45) is 0 Å². The Labute approximate surface area is 515 Å². The van der Waals surface area contributed by atoms with Crippen LogP contribution >= 0.6 is 0 Å². The van der Waals surface area contributed by atoms with Crippen molar-refractivity contribution in [1.29, 1.82) is 0 Å². The number of ether oxygens (including phenoxy) is 3. The number of hydrogen-bond acceptors (Lipinski definition) is 6. The molecule has 0 saturated carbocycles. The quantitative estimate of drug-likeness (QED) is 0.0261. The molecule has 0 amide bonds. The first-order valence-electron chi connectivity index (χ1n) is 35.7. The number of carbonyl (C=O) groups is 3. The lowest BCUT2D eigenvalue weighted by Crippen LogP contribution is -2.30. The Kier molecular flexibility index (Phi) is 67.7. The van der Waals surface area contributed by atoms with Gasteiger partial charge in [0.1, 0.15) is 13.2 Å². The molecular weight excluding hydrogens is 1020 g/mol. The van der Waals surface area contributed by atoms with Gasteiger partial charge in [-0.25, -0.2) is 0 Å². The second-order valence-corrected chi connectivity index (χ2v) is 23.8. The molecule has 1 atom stereocenters. The monoisotopic (exact) mass is 1160 g/mol. The number of carbonyl (C=O) groups excluding carboxylic acids is 3. The normalized spacial score (nSPS) is 12.7. The molecule has 0 aromatic rings. The lowest BCUT2D eigenvalue weighted by atomic mass is 10.0. The van der Waals surface area contributed by atoms with Crippen LogP contribution in [-0.2, 0) is 28.6 Å². The van der Waals surface area contributed by atoms with Crippen molar-refractivity contribution in [3.8, 4) is 0 Å². The average Bonchev–Trinajstić information content (AvgIpc) is 3.49. The zero-order chi connectivity index (χ0) is 59.9. The number of unbranched alkanes of at least 4 members (excludes halogenated alkanes) is 38. The summed E-state index contributed by atoms with van der Waals surface area (Å²) >= 11 is 0. The minimum atomic E-state index is -0.787. The highest BCUT2D eigenvalue weighted by molar-refractivity contribution is 5.71. The highest BCUT2D eigenvalue weighted by Gasteiger charge is 2.19. The van der Waals surface area contributed by atoms with E-state index < -0.39 is 6.10 Å². The summed E-state index contributed by atoms with van der Waals surface area (Å²) < 4.78 is 17.0. The Morgan fingerprint density at radius 2 is 0.470 bits per heavy atom. The molecule has 0 aliphatic rings. The summed E-state index contributed by atoms with van der Waals surface area (Å²) in [6.45, 7) is 6.56. The molecule has 0 fully saturated rings. The molecule has 0 heterocycles. The molecule has 0 aromatic heterocycles. The van der Waals surface area contributed by atoms with E-state index in [4.69, 9.17) is 14.2 Å². The molecule has 0 N–H and O–H groups in total. The fourth-order valence-electron chi connectivity index (χ4n) is 10.3. The van der Waals surface area contributed by atoms with Gasteiger partial charge in [0.15, 0.2) is 6.10 Å². The van der Waals surface area contributed by atoms with Gasteiger partial charge in [0, 0.05) is 19.3 Å². The van der Waals surface area contributed by atoms with Gasteiger partial charge in [-0.15, -0.1) is 0 Å². The standard InChI is InChI=1S/C77H134O6/c1-4-7-10-13-16-19-22-25-28-31-33-34-35-36-37-38-39-40-41-42-44-46-49-52-55-58-61-64-67-70-76(79)82-73-74(72-81-75(78)69-66-63-60-57-54-51-48-45-30-27-24-21-18-15-12-9-6-3)83-77(80)71-68-65-62-59-56-53-50-47-43-32-29-26-23-20-17-14-11-8-5-2/h7,10,16,19,25,28,33-34,36-37,39-40,42,44,49,52,74H,4-6,8-9,11-15,17-18,20-24,26-27,29-32,35,38,41,43,45-48,50-51,53-73H2,1-3H3/b10-7-,19-16-,28-25-,34-33-,37-36-,40-39-,44-42-,52-49-. The Balaban J connectivity index is 4.38. The van der Waals surface area contributed by atoms with Crippen molar-refractivity contribution in [2.45, 2.75) is 361 Å². The highest BCUT2D eigenvalue weighted by atomic mass is 16.6. The van der Waals surface area contributed by atoms with E-state index in [2.05, 4.69) is 118 Å². The number of rotatable bonds is 65. The molecule has 0 bridgehead atoms. The van der Waals surface area contributed by atoms with E-state index in [0.717, 1.165) is 122 Å². The summed E-state index contributed by atoms with van der Waals surface area (Å²) in [6, 6.07) is 0. The van der Waals surface area contributed by atoms with E-state index in [9.17, 15) is 14.4 Å². The molecule has 478 valence electrons. The second-order valence-electron chi connectivity index (χ2n) is 23.8. The summed E-state index contributed by atoms with van der Waals surface area (Å²) in [6.07, 6.45) is 95.7. The van der Waals surface area contributed by atoms with Crippen LogP contribution in [-0.4, -0.2) is 37.2 Å². The number of allylic oxidation sites excluding steroid dienone is 16. The number of esters is 3. The van der Waals surface area contributed by atoms with Gasteiger partial charge in [0.2, 0.25) is 0 Å². The topological polar surface area (TPSA) is 78.9 Å². The van der Waals surface area contributed by atoms with Crippen molar-refractivity contribution >= 4 is 17.9 Å². The van der Waals surface area contributed by atoms with Crippen LogP contribution in [0, 0.1) is 0 Å². The van der Waals surface area contributed by atoms with E-state index in [1.807, 2.05) is 0 Å². The summed E-state index contributed by atoms with van der Waals surface area (Å²) in [5.41, 5.74) is 0. The predicted molar refractivity (Wildman–Crippen MR) is 362 cm³/mol. The van der Waals surface area contributed by atoms with E-state index >= 15 is 0 Å². The van der Waals surface area contributed by atoms with Crippen molar-refractivity contribution < 1.29 is 28.6 Å². The van der Waals surface area contributed by atoms with Crippen molar-refractivity contribution in [2.75, 3.05) is 13.2 Å². The smallest absolute Gasteiger partial charge is 0.306 e. The third-order valence-corrected chi connectivity index (χ3v) is 15.6. The Morgan fingerprint density at radius 1 is 0.253 bits per heavy atom. The predicted octanol–water partition coefficient (Wildman–Crippen LogP) is 24.8. The Bertz CT molecular complexity index is 1610. The van der Waals surface area contributed by atoms with E-state index in [1.165, 1.54) is 193 Å². The SMILES string of the molecule is CC/C=C\C/C=C\C/C=C\C/C=C\C/C=C\C/C=C\C/C=C\C/C=C\CCCCCCC(=O)OCC(COC(=O)CCCCCCCCCCCCCCCCCCC)OC(=O)CCCCCCCCCCCCCCCCCCCCC. The first-order chi connectivity index (χ1) is 41.0. The van der Waals surface area contributed by atoms with E-state index in [1.54, 1.807) is 0 Å². The summed E-state index contributed by atoms with van der Waals surface area (Å²) in [4.78, 5) is 38.5. The lowest BCUT2D eigenvalue weighted by Gasteiger charge is -2.18. The number of hydrogen-bond donors (Lipinski definition) is 0.